The van der Waals surface area contributed by atoms with Gasteiger partial charge in [-0.1, -0.05) is 54.7 Å². The number of nitrogens with zero attached hydrogens (tertiary/aromatic N) is 4. The Labute approximate surface area is 156 Å². The van der Waals surface area contributed by atoms with Crippen LogP contribution in [0.15, 0.2) is 72.9 Å². The van der Waals surface area contributed by atoms with Crippen LogP contribution in [0.25, 0.3) is 0 Å². The normalized spacial score (nSPS) is 33.2. The molecular weight excluding hydrogens is 320 g/mol. The van der Waals surface area contributed by atoms with E-state index in [4.69, 9.17) is 0 Å². The number of hydrogen-bond acceptors (Lipinski definition) is 4. The number of likely N-dealkylation sites (N-methyl/N-ethyl adjacent to an activating group) is 2. The molecule has 2 aliphatic heterocycles. The van der Waals surface area contributed by atoms with Gasteiger partial charge in [-0.2, -0.15) is 0 Å². The van der Waals surface area contributed by atoms with E-state index >= 15 is 0 Å². The van der Waals surface area contributed by atoms with Crippen molar-refractivity contribution in [3.63, 3.8) is 0 Å². The van der Waals surface area contributed by atoms with Crippen molar-refractivity contribution in [3.8, 4) is 0 Å². The summed E-state index contributed by atoms with van der Waals surface area (Å²) in [5, 5.41) is 0. The molecular formula is C22H26N4. The summed E-state index contributed by atoms with van der Waals surface area (Å²) in [6.07, 6.45) is 18.0. The van der Waals surface area contributed by atoms with Crippen molar-refractivity contribution in [2.24, 2.45) is 0 Å². The number of allylic oxidation sites excluding steroid dienone is 4. The van der Waals surface area contributed by atoms with Gasteiger partial charge in [0.05, 0.1) is 37.5 Å². The standard InChI is InChI=1S/C22H26N4/c1-23-15-25(21-12-5-3-10-19(21)23)17-8-7-9-18(14-17)26-16-24(2)20-11-4-6-13-22(20)26/h3-14,19-22H,15-16H2,1-2H3. The molecule has 2 saturated heterocycles. The van der Waals surface area contributed by atoms with Gasteiger partial charge in [0, 0.05) is 11.4 Å². The molecule has 0 radical (unpaired) electrons. The van der Waals surface area contributed by atoms with E-state index in [9.17, 15) is 0 Å². The largest absolute Gasteiger partial charge is 0.350 e. The summed E-state index contributed by atoms with van der Waals surface area (Å²) in [4.78, 5) is 9.88. The molecule has 0 aromatic heterocycles. The van der Waals surface area contributed by atoms with Crippen LogP contribution in [0.4, 0.5) is 11.4 Å². The summed E-state index contributed by atoms with van der Waals surface area (Å²) in [5.74, 6) is 0. The van der Waals surface area contributed by atoms with E-state index < -0.39 is 0 Å². The van der Waals surface area contributed by atoms with E-state index in [0.717, 1.165) is 13.3 Å². The van der Waals surface area contributed by atoms with Gasteiger partial charge >= 0.3 is 0 Å². The molecule has 0 N–H and O–H groups in total. The molecule has 4 atom stereocenters. The summed E-state index contributed by atoms with van der Waals surface area (Å²) in [7, 11) is 4.43. The second-order valence-corrected chi connectivity index (χ2v) is 7.76. The lowest BCUT2D eigenvalue weighted by atomic mass is 10.0. The molecule has 1 aromatic rings. The molecule has 26 heavy (non-hydrogen) atoms. The van der Waals surface area contributed by atoms with Gasteiger partial charge in [0.1, 0.15) is 0 Å². The Balaban J connectivity index is 1.45. The van der Waals surface area contributed by atoms with E-state index in [-0.39, 0.29) is 0 Å². The van der Waals surface area contributed by atoms with Crippen molar-refractivity contribution >= 4 is 11.4 Å². The van der Waals surface area contributed by atoms with E-state index in [1.807, 2.05) is 0 Å². The van der Waals surface area contributed by atoms with Gasteiger partial charge in [0.25, 0.3) is 0 Å². The predicted molar refractivity (Wildman–Crippen MR) is 108 cm³/mol. The number of anilines is 2. The van der Waals surface area contributed by atoms with Gasteiger partial charge in [-0.05, 0) is 32.3 Å². The van der Waals surface area contributed by atoms with Crippen molar-refractivity contribution in [1.82, 2.24) is 9.80 Å². The second-order valence-electron chi connectivity index (χ2n) is 7.76. The van der Waals surface area contributed by atoms with Crippen molar-refractivity contribution < 1.29 is 0 Å². The van der Waals surface area contributed by atoms with Gasteiger partial charge in [0.2, 0.25) is 0 Å². The quantitative estimate of drug-likeness (QED) is 0.816. The first-order valence-corrected chi connectivity index (χ1v) is 9.46. The van der Waals surface area contributed by atoms with Crippen molar-refractivity contribution in [3.05, 3.63) is 72.9 Å². The molecule has 4 nitrogen and oxygen atoms in total. The Kier molecular flexibility index (Phi) is 3.76. The lowest BCUT2D eigenvalue weighted by molar-refractivity contribution is 0.353. The third-order valence-electron chi connectivity index (χ3n) is 6.14. The van der Waals surface area contributed by atoms with Crippen LogP contribution < -0.4 is 9.80 Å². The molecule has 4 heteroatoms. The monoisotopic (exact) mass is 346 g/mol. The summed E-state index contributed by atoms with van der Waals surface area (Å²) in [6.45, 7) is 1.92. The molecule has 2 aliphatic carbocycles. The number of fused-ring (bicyclic) bond motifs is 2. The molecule has 1 aromatic carbocycles. The Morgan fingerprint density at radius 1 is 0.654 bits per heavy atom. The first-order chi connectivity index (χ1) is 12.7. The zero-order chi connectivity index (χ0) is 17.7. The first-order valence-electron chi connectivity index (χ1n) is 9.46. The highest BCUT2D eigenvalue weighted by Gasteiger charge is 2.38. The van der Waals surface area contributed by atoms with Crippen molar-refractivity contribution in [1.29, 1.82) is 0 Å². The fraction of sp³-hybridized carbons (Fsp3) is 0.364. The molecule has 0 amide bonds. The van der Waals surface area contributed by atoms with Crippen LogP contribution in [-0.4, -0.2) is 61.4 Å². The second kappa shape index (κ2) is 6.15. The minimum absolute atomic E-state index is 0.423. The number of rotatable bonds is 2. The SMILES string of the molecule is CN1CN(c2cccc(N3CN(C)C4C=CC=CC43)c2)C2C=CC=CC21. The zero-order valence-corrected chi connectivity index (χ0v) is 15.4. The van der Waals surface area contributed by atoms with Crippen LogP contribution in [0.1, 0.15) is 0 Å². The Hall–Kier alpha value is -2.30. The summed E-state index contributed by atoms with van der Waals surface area (Å²) >= 11 is 0. The third-order valence-corrected chi connectivity index (χ3v) is 6.14. The number of hydrogen-bond donors (Lipinski definition) is 0. The highest BCUT2D eigenvalue weighted by molar-refractivity contribution is 5.63. The zero-order valence-electron chi connectivity index (χ0n) is 15.4. The molecule has 134 valence electrons. The predicted octanol–water partition coefficient (Wildman–Crippen LogP) is 2.83. The van der Waals surface area contributed by atoms with Gasteiger partial charge in [-0.15, -0.1) is 0 Å². The maximum Gasteiger partial charge on any atom is 0.0717 e. The maximum atomic E-state index is 2.52. The lowest BCUT2D eigenvalue weighted by Crippen LogP contribution is -2.35. The molecule has 4 aliphatic rings. The fourth-order valence-corrected chi connectivity index (χ4v) is 4.77. The van der Waals surface area contributed by atoms with Crippen LogP contribution in [0, 0.1) is 0 Å². The third kappa shape index (κ3) is 2.44. The number of benzene rings is 1. The van der Waals surface area contributed by atoms with E-state index in [0.29, 0.717) is 24.2 Å². The van der Waals surface area contributed by atoms with E-state index in [1.54, 1.807) is 0 Å². The molecule has 2 heterocycles. The molecule has 0 spiro atoms. The van der Waals surface area contributed by atoms with Crippen LogP contribution in [-0.2, 0) is 0 Å². The van der Waals surface area contributed by atoms with Gasteiger partial charge in [0.15, 0.2) is 0 Å². The summed E-state index contributed by atoms with van der Waals surface area (Å²) < 4.78 is 0. The Morgan fingerprint density at radius 3 is 1.54 bits per heavy atom. The summed E-state index contributed by atoms with van der Waals surface area (Å²) in [5.41, 5.74) is 2.62. The fourth-order valence-electron chi connectivity index (χ4n) is 4.77. The molecule has 0 saturated carbocycles. The molecule has 0 bridgehead atoms. The van der Waals surface area contributed by atoms with Crippen molar-refractivity contribution in [2.75, 3.05) is 37.2 Å². The average Bonchev–Trinajstić information content (AvgIpc) is 3.20. The first kappa shape index (κ1) is 15.9. The van der Waals surface area contributed by atoms with Crippen molar-refractivity contribution in [2.45, 2.75) is 24.2 Å². The highest BCUT2D eigenvalue weighted by Crippen LogP contribution is 2.35. The molecule has 4 unspecified atom stereocenters. The maximum absolute atomic E-state index is 2.52. The van der Waals surface area contributed by atoms with Crippen LogP contribution in [0.5, 0.6) is 0 Å². The molecule has 2 fully saturated rings. The molecule has 5 rings (SSSR count). The lowest BCUT2D eigenvalue weighted by Gasteiger charge is -2.30. The minimum Gasteiger partial charge on any atom is -0.350 e. The average molecular weight is 346 g/mol. The summed E-state index contributed by atoms with van der Waals surface area (Å²) in [6, 6.07) is 10.9. The Morgan fingerprint density at radius 2 is 1.08 bits per heavy atom. The van der Waals surface area contributed by atoms with E-state index in [1.165, 1.54) is 11.4 Å². The van der Waals surface area contributed by atoms with Crippen LogP contribution >= 0.6 is 0 Å². The van der Waals surface area contributed by atoms with Crippen LogP contribution in [0.3, 0.4) is 0 Å². The van der Waals surface area contributed by atoms with Gasteiger partial charge < -0.3 is 9.80 Å². The smallest absolute Gasteiger partial charge is 0.0717 e. The van der Waals surface area contributed by atoms with Gasteiger partial charge in [-0.3, -0.25) is 9.80 Å². The minimum atomic E-state index is 0.423. The van der Waals surface area contributed by atoms with E-state index in [2.05, 4.69) is 107 Å². The van der Waals surface area contributed by atoms with Crippen LogP contribution in [0.2, 0.25) is 0 Å². The highest BCUT2D eigenvalue weighted by atomic mass is 15.4. The van der Waals surface area contributed by atoms with Gasteiger partial charge in [-0.25, -0.2) is 0 Å². The topological polar surface area (TPSA) is 13.0 Å². The Bertz CT molecular complexity index is 745.